The summed E-state index contributed by atoms with van der Waals surface area (Å²) < 4.78 is 4.76. The molecule has 2 aliphatic rings. The molecule has 3 unspecified atom stereocenters. The van der Waals surface area contributed by atoms with E-state index < -0.39 is 12.0 Å². The summed E-state index contributed by atoms with van der Waals surface area (Å²) in [5.41, 5.74) is 6.33. The van der Waals surface area contributed by atoms with E-state index in [1.54, 1.807) is 16.3 Å². The van der Waals surface area contributed by atoms with Gasteiger partial charge in [-0.3, -0.25) is 9.59 Å². The molecule has 3 rings (SSSR count). The topological polar surface area (TPSA) is 102 Å². The minimum Gasteiger partial charge on any atom is -0.465 e. The fourth-order valence-electron chi connectivity index (χ4n) is 3.55. The third-order valence-corrected chi connectivity index (χ3v) is 5.84. The van der Waals surface area contributed by atoms with Crippen LogP contribution in [0, 0.1) is 5.92 Å². The van der Waals surface area contributed by atoms with Crippen molar-refractivity contribution in [2.75, 3.05) is 18.6 Å². The third kappa shape index (κ3) is 3.69. The zero-order valence-electron chi connectivity index (χ0n) is 14.2. The second-order valence-electron chi connectivity index (χ2n) is 6.59. The number of anilines is 1. The summed E-state index contributed by atoms with van der Waals surface area (Å²) in [6, 6.07) is 1.17. The molecule has 2 heterocycles. The summed E-state index contributed by atoms with van der Waals surface area (Å²) >= 11 is 1.32. The van der Waals surface area contributed by atoms with E-state index in [2.05, 4.69) is 5.32 Å². The van der Waals surface area contributed by atoms with E-state index in [0.29, 0.717) is 30.0 Å². The van der Waals surface area contributed by atoms with Gasteiger partial charge in [0.25, 0.3) is 0 Å². The van der Waals surface area contributed by atoms with Crippen LogP contribution in [0.25, 0.3) is 0 Å². The maximum absolute atomic E-state index is 12.7. The van der Waals surface area contributed by atoms with Gasteiger partial charge in [0.05, 0.1) is 12.7 Å². The van der Waals surface area contributed by atoms with E-state index >= 15 is 0 Å². The van der Waals surface area contributed by atoms with Gasteiger partial charge in [0.15, 0.2) is 0 Å². The van der Waals surface area contributed by atoms with Gasteiger partial charge in [-0.1, -0.05) is 6.42 Å². The summed E-state index contributed by atoms with van der Waals surface area (Å²) in [4.78, 5) is 38.5. The number of ether oxygens (including phenoxy) is 1. The lowest BCUT2D eigenvalue weighted by Crippen LogP contribution is -2.45. The maximum Gasteiger partial charge on any atom is 0.340 e. The highest BCUT2D eigenvalue weighted by atomic mass is 32.1. The van der Waals surface area contributed by atoms with Crippen LogP contribution < -0.4 is 16.0 Å². The number of carbonyl (C=O) groups is 3. The molecule has 3 N–H and O–H groups in total. The summed E-state index contributed by atoms with van der Waals surface area (Å²) in [6.45, 7) is 0.471. The van der Waals surface area contributed by atoms with Crippen molar-refractivity contribution < 1.29 is 19.1 Å². The van der Waals surface area contributed by atoms with E-state index in [9.17, 15) is 14.4 Å². The molecule has 0 radical (unpaired) electrons. The Labute approximate surface area is 150 Å². The number of hydrogen-bond acceptors (Lipinski definition) is 6. The first-order valence-electron chi connectivity index (χ1n) is 8.54. The van der Waals surface area contributed by atoms with Gasteiger partial charge in [-0.2, -0.15) is 0 Å². The molecule has 25 heavy (non-hydrogen) atoms. The van der Waals surface area contributed by atoms with Crippen molar-refractivity contribution in [1.82, 2.24) is 5.32 Å². The second-order valence-corrected chi connectivity index (χ2v) is 7.49. The van der Waals surface area contributed by atoms with Crippen molar-refractivity contribution in [1.29, 1.82) is 0 Å². The van der Waals surface area contributed by atoms with Crippen molar-refractivity contribution in [3.63, 3.8) is 0 Å². The van der Waals surface area contributed by atoms with Crippen LogP contribution >= 0.6 is 11.3 Å². The number of thiophene rings is 1. The Kier molecular flexibility index (Phi) is 5.39. The zero-order chi connectivity index (χ0) is 18.0. The molecule has 0 bridgehead atoms. The standard InChI is InChI=1S/C17H23N3O4S/c1-24-17(23)12-6-8-25-16(12)20-7-5-13(15(20)22)19-14(21)10-3-2-4-11(18)9-10/h6,8,10-11,13H,2-5,7,9,18H2,1H3,(H,19,21). The smallest absolute Gasteiger partial charge is 0.340 e. The molecule has 7 nitrogen and oxygen atoms in total. The fourth-order valence-corrected chi connectivity index (χ4v) is 4.47. The Morgan fingerprint density at radius 1 is 1.36 bits per heavy atom. The number of carbonyl (C=O) groups excluding carboxylic acids is 3. The van der Waals surface area contributed by atoms with Crippen LogP contribution in [0.3, 0.4) is 0 Å². The van der Waals surface area contributed by atoms with Gasteiger partial charge in [-0.15, -0.1) is 11.3 Å². The molecule has 0 spiro atoms. The minimum absolute atomic E-state index is 0.0639. The molecule has 1 saturated carbocycles. The lowest BCUT2D eigenvalue weighted by Gasteiger charge is -2.26. The summed E-state index contributed by atoms with van der Waals surface area (Å²) in [5.74, 6) is -0.846. The van der Waals surface area contributed by atoms with E-state index in [1.807, 2.05) is 0 Å². The fraction of sp³-hybridized carbons (Fsp3) is 0.588. The average Bonchev–Trinajstić information content (AvgIpc) is 3.21. The van der Waals surface area contributed by atoms with Crippen molar-refractivity contribution in [2.24, 2.45) is 11.7 Å². The van der Waals surface area contributed by atoms with Gasteiger partial charge < -0.3 is 20.7 Å². The Bertz CT molecular complexity index is 675. The van der Waals surface area contributed by atoms with Crippen molar-refractivity contribution in [3.8, 4) is 0 Å². The molecule has 3 atom stereocenters. The maximum atomic E-state index is 12.7. The predicted molar refractivity (Wildman–Crippen MR) is 94.5 cm³/mol. The van der Waals surface area contributed by atoms with Crippen LogP contribution in [0.5, 0.6) is 0 Å². The number of amides is 2. The van der Waals surface area contributed by atoms with Crippen LogP contribution in [-0.2, 0) is 14.3 Å². The SMILES string of the molecule is COC(=O)c1ccsc1N1CCC(NC(=O)C2CCCC(N)C2)C1=O. The first-order chi connectivity index (χ1) is 12.0. The highest BCUT2D eigenvalue weighted by Crippen LogP contribution is 2.32. The van der Waals surface area contributed by atoms with E-state index in [1.165, 1.54) is 18.4 Å². The first kappa shape index (κ1) is 17.9. The molecule has 8 heteroatoms. The molecule has 0 aromatic carbocycles. The predicted octanol–water partition coefficient (Wildman–Crippen LogP) is 1.27. The number of esters is 1. The molecular formula is C17H23N3O4S. The number of nitrogens with one attached hydrogen (secondary N) is 1. The molecule has 2 fully saturated rings. The second kappa shape index (κ2) is 7.53. The molecule has 1 aromatic heterocycles. The van der Waals surface area contributed by atoms with Crippen molar-refractivity contribution in [2.45, 2.75) is 44.2 Å². The summed E-state index contributed by atoms with van der Waals surface area (Å²) in [7, 11) is 1.31. The lowest BCUT2D eigenvalue weighted by atomic mass is 9.85. The van der Waals surface area contributed by atoms with Gasteiger partial charge in [0.1, 0.15) is 11.0 Å². The average molecular weight is 365 g/mol. The number of methoxy groups -OCH3 is 1. The molecule has 1 aliphatic carbocycles. The molecular weight excluding hydrogens is 342 g/mol. The Morgan fingerprint density at radius 3 is 2.88 bits per heavy atom. The van der Waals surface area contributed by atoms with Crippen LogP contribution in [0.4, 0.5) is 5.00 Å². The molecule has 1 aromatic rings. The number of nitrogens with two attached hydrogens (primary N) is 1. The molecule has 136 valence electrons. The number of hydrogen-bond donors (Lipinski definition) is 2. The van der Waals surface area contributed by atoms with Gasteiger partial charge in [-0.25, -0.2) is 4.79 Å². The van der Waals surface area contributed by atoms with Gasteiger partial charge in [0, 0.05) is 18.5 Å². The highest BCUT2D eigenvalue weighted by molar-refractivity contribution is 7.14. The van der Waals surface area contributed by atoms with Crippen LogP contribution in [0.2, 0.25) is 0 Å². The normalized spacial score (nSPS) is 26.6. The van der Waals surface area contributed by atoms with Gasteiger partial charge in [0.2, 0.25) is 11.8 Å². The monoisotopic (exact) mass is 365 g/mol. The minimum atomic E-state index is -0.543. The first-order valence-corrected chi connectivity index (χ1v) is 9.42. The number of rotatable bonds is 4. The van der Waals surface area contributed by atoms with E-state index in [0.717, 1.165) is 19.3 Å². The summed E-state index contributed by atoms with van der Waals surface area (Å²) in [5, 5.41) is 5.21. The third-order valence-electron chi connectivity index (χ3n) is 4.90. The molecule has 2 amide bonds. The van der Waals surface area contributed by atoms with Crippen molar-refractivity contribution >= 4 is 34.1 Å². The van der Waals surface area contributed by atoms with Crippen LogP contribution in [0.1, 0.15) is 42.5 Å². The van der Waals surface area contributed by atoms with Crippen LogP contribution in [-0.4, -0.2) is 43.5 Å². The largest absolute Gasteiger partial charge is 0.465 e. The number of nitrogens with zero attached hydrogens (tertiary/aromatic N) is 1. The van der Waals surface area contributed by atoms with Crippen LogP contribution in [0.15, 0.2) is 11.4 Å². The zero-order valence-corrected chi connectivity index (χ0v) is 15.0. The van der Waals surface area contributed by atoms with E-state index in [4.69, 9.17) is 10.5 Å². The molecule has 1 aliphatic heterocycles. The Morgan fingerprint density at radius 2 is 2.16 bits per heavy atom. The van der Waals surface area contributed by atoms with E-state index in [-0.39, 0.29) is 23.8 Å². The van der Waals surface area contributed by atoms with Gasteiger partial charge in [-0.05, 0) is 37.1 Å². The highest BCUT2D eigenvalue weighted by Gasteiger charge is 2.37. The van der Waals surface area contributed by atoms with Crippen molar-refractivity contribution in [3.05, 3.63) is 17.0 Å². The summed E-state index contributed by atoms with van der Waals surface area (Å²) in [6.07, 6.45) is 3.92. The van der Waals surface area contributed by atoms with Gasteiger partial charge >= 0.3 is 5.97 Å². The lowest BCUT2D eigenvalue weighted by molar-refractivity contribution is -0.130. The Hall–Kier alpha value is -1.93. The quantitative estimate of drug-likeness (QED) is 0.783. The molecule has 1 saturated heterocycles. The Balaban J connectivity index is 1.65.